The van der Waals surface area contributed by atoms with Gasteiger partial charge in [-0.25, -0.2) is 11.3 Å². The van der Waals surface area contributed by atoms with Gasteiger partial charge in [0, 0.05) is 25.1 Å². The Labute approximate surface area is 306 Å². The van der Waals surface area contributed by atoms with Gasteiger partial charge in [0.15, 0.2) is 0 Å². The van der Waals surface area contributed by atoms with Crippen molar-refractivity contribution >= 4 is 43.7 Å². The minimum atomic E-state index is -1.57. The van der Waals surface area contributed by atoms with Crippen LogP contribution in [0.5, 0.6) is 0 Å². The van der Waals surface area contributed by atoms with Crippen molar-refractivity contribution < 1.29 is 17.1 Å². The van der Waals surface area contributed by atoms with Crippen LogP contribution in [0.2, 0.25) is 39.3 Å². The molecule has 8 rings (SSSR count). The summed E-state index contributed by atoms with van der Waals surface area (Å²) in [7, 11) is 0.442. The molecule has 4 aliphatic carbocycles. The molecular formula is C40H68FeN2P2Si2-6. The molecule has 2 aliphatic heterocycles. The summed E-state index contributed by atoms with van der Waals surface area (Å²) in [6.45, 7) is 28.7. The third kappa shape index (κ3) is 7.94. The van der Waals surface area contributed by atoms with Gasteiger partial charge in [-0.3, -0.25) is 0 Å². The number of nitrogens with one attached hydrogen (secondary N) is 2. The van der Waals surface area contributed by atoms with Crippen molar-refractivity contribution in [2.24, 2.45) is 35.5 Å². The first-order chi connectivity index (χ1) is 21.6. The topological polar surface area (TPSA) is 24.1 Å². The van der Waals surface area contributed by atoms with Gasteiger partial charge < -0.3 is 41.0 Å². The maximum Gasteiger partial charge on any atom is 0.0508 e. The zero-order valence-corrected chi connectivity index (χ0v) is 36.5. The fraction of sp³-hybridized carbons (Fsp3) is 0.750. The van der Waals surface area contributed by atoms with Crippen molar-refractivity contribution in [3.8, 4) is 0 Å². The van der Waals surface area contributed by atoms with Gasteiger partial charge in [-0.1, -0.05) is 66.2 Å². The van der Waals surface area contributed by atoms with E-state index in [2.05, 4.69) is 86.0 Å². The summed E-state index contributed by atoms with van der Waals surface area (Å²) in [6, 6.07) is 12.9. The van der Waals surface area contributed by atoms with Crippen molar-refractivity contribution in [1.29, 1.82) is 0 Å². The first-order valence-electron chi connectivity index (χ1n) is 19.1. The summed E-state index contributed by atoms with van der Waals surface area (Å²) in [4.78, 5) is 0. The van der Waals surface area contributed by atoms with Gasteiger partial charge in [-0.15, -0.1) is 22.7 Å². The molecule has 4 unspecified atom stereocenters. The maximum absolute atomic E-state index is 3.81. The van der Waals surface area contributed by atoms with Crippen LogP contribution in [0.3, 0.4) is 0 Å². The zero-order valence-electron chi connectivity index (χ0n) is 31.4. The van der Waals surface area contributed by atoms with Crippen LogP contribution in [-0.4, -0.2) is 53.1 Å². The Balaban J connectivity index is 0.000000662. The quantitative estimate of drug-likeness (QED) is 0.160. The number of hydrogen-bond acceptors (Lipinski definition) is 2. The third-order valence-corrected chi connectivity index (χ3v) is 22.5. The Hall–Kier alpha value is 0.433. The molecule has 2 aromatic rings. The van der Waals surface area contributed by atoms with E-state index in [0.29, 0.717) is 5.16 Å². The zero-order chi connectivity index (χ0) is 33.1. The minimum absolute atomic E-state index is 0. The van der Waals surface area contributed by atoms with Crippen LogP contribution in [0, 0.1) is 35.5 Å². The molecule has 270 valence electrons. The molecule has 0 amide bonds. The molecule has 2 heterocycles. The molecule has 0 spiro atoms. The van der Waals surface area contributed by atoms with Crippen LogP contribution in [0.4, 0.5) is 0 Å². The predicted molar refractivity (Wildman–Crippen MR) is 215 cm³/mol. The molecule has 2 saturated heterocycles. The molecule has 2 nitrogen and oxygen atoms in total. The SMILES string of the molecule is CC(C)(C)P(C[c-]1c(C(P)(C2CCNC2)C2CCNC2)cc([Si](C)(C)C)c1[Si](C)(C)C)C1C2CC3CC(C2)CC1C3.[Fe].[cH-]1[cH-][cH-][cH-][cH-]1. The standard InChI is InChI=1S/C35H63N2P2Si2.C5H5.Fe/c1-34(2,3)39(32-25-15-23-14-24(17-25)18-26(32)16-23)22-29-30(19-31(40(4,5)6)33(29)41(7,8)9)35(38,27-10-12-36-20-27)28-11-13-37-21-28;1-2-4-5-3-1;/h19,23-28,32,36-37H,10-18,20-22,38H2,1-9H3;1-5H;/q-1;-5;. The Morgan fingerprint density at radius 2 is 1.26 bits per heavy atom. The van der Waals surface area contributed by atoms with Crippen molar-refractivity contribution in [2.75, 3.05) is 26.2 Å². The van der Waals surface area contributed by atoms with E-state index in [9.17, 15) is 0 Å². The number of hydrogen-bond donors (Lipinski definition) is 2. The van der Waals surface area contributed by atoms with Crippen molar-refractivity contribution in [1.82, 2.24) is 10.6 Å². The van der Waals surface area contributed by atoms with E-state index in [1.807, 2.05) is 51.8 Å². The third-order valence-electron chi connectivity index (χ3n) is 13.0. The fourth-order valence-electron chi connectivity index (χ4n) is 11.2. The Bertz CT molecular complexity index is 1230. The summed E-state index contributed by atoms with van der Waals surface area (Å²) in [5.41, 5.74) is 4.73. The molecule has 2 aromatic carbocycles. The Kier molecular flexibility index (Phi) is 12.2. The molecule has 6 aliphatic rings. The molecule has 2 N–H and O–H groups in total. The normalized spacial score (nSPS) is 32.4. The summed E-state index contributed by atoms with van der Waals surface area (Å²) >= 11 is 0. The second kappa shape index (κ2) is 14.8. The summed E-state index contributed by atoms with van der Waals surface area (Å²) < 4.78 is 0. The van der Waals surface area contributed by atoms with Crippen LogP contribution < -0.4 is 21.0 Å². The van der Waals surface area contributed by atoms with Gasteiger partial charge in [0.1, 0.15) is 0 Å². The van der Waals surface area contributed by atoms with E-state index in [1.165, 1.54) is 45.2 Å². The van der Waals surface area contributed by atoms with Crippen LogP contribution in [0.15, 0.2) is 36.4 Å². The smallest absolute Gasteiger partial charge is 0.0508 e. The van der Waals surface area contributed by atoms with E-state index >= 15 is 0 Å². The van der Waals surface area contributed by atoms with Gasteiger partial charge in [-0.2, -0.15) is 10.8 Å². The van der Waals surface area contributed by atoms with Gasteiger partial charge >= 0.3 is 0 Å². The molecule has 4 atom stereocenters. The van der Waals surface area contributed by atoms with Crippen LogP contribution in [0.1, 0.15) is 76.8 Å². The Morgan fingerprint density at radius 1 is 0.787 bits per heavy atom. The second-order valence-corrected chi connectivity index (χ2v) is 33.5. The van der Waals surface area contributed by atoms with Crippen molar-refractivity contribution in [3.05, 3.63) is 47.5 Å². The molecule has 0 aromatic heterocycles. The monoisotopic (exact) mass is 750 g/mol. The van der Waals surface area contributed by atoms with Crippen molar-refractivity contribution in [2.45, 2.75) is 127 Å². The summed E-state index contributed by atoms with van der Waals surface area (Å²) in [5.74, 6) is 5.65. The van der Waals surface area contributed by atoms with Gasteiger partial charge in [-0.05, 0) is 123 Å². The van der Waals surface area contributed by atoms with E-state index in [4.69, 9.17) is 0 Å². The molecular weight excluding hydrogens is 682 g/mol. The van der Waals surface area contributed by atoms with Crippen LogP contribution in [0.25, 0.3) is 0 Å². The van der Waals surface area contributed by atoms with Crippen molar-refractivity contribution in [3.63, 3.8) is 0 Å². The molecule has 4 bridgehead atoms. The van der Waals surface area contributed by atoms with E-state index in [-0.39, 0.29) is 30.1 Å². The molecule has 6 fully saturated rings. The van der Waals surface area contributed by atoms with E-state index in [0.717, 1.165) is 41.2 Å². The predicted octanol–water partition coefficient (Wildman–Crippen LogP) is 8.79. The van der Waals surface area contributed by atoms with Gasteiger partial charge in [0.05, 0.1) is 8.07 Å². The Morgan fingerprint density at radius 3 is 1.62 bits per heavy atom. The number of rotatable bonds is 8. The maximum atomic E-state index is 3.81. The molecule has 7 heteroatoms. The molecule has 0 radical (unpaired) electrons. The van der Waals surface area contributed by atoms with Gasteiger partial charge in [0.2, 0.25) is 0 Å². The molecule has 47 heavy (non-hydrogen) atoms. The fourth-order valence-corrected chi connectivity index (χ4v) is 21.6. The average molecular weight is 751 g/mol. The largest absolute Gasteiger partial charge is 0.748 e. The summed E-state index contributed by atoms with van der Waals surface area (Å²) in [6.07, 6.45) is 11.9. The van der Waals surface area contributed by atoms with Gasteiger partial charge in [0.25, 0.3) is 0 Å². The first-order valence-corrected chi connectivity index (χ1v) is 28.2. The van der Waals surface area contributed by atoms with E-state index in [1.54, 1.807) is 32.1 Å². The van der Waals surface area contributed by atoms with Crippen LogP contribution >= 0.6 is 17.2 Å². The average Bonchev–Trinajstić information content (AvgIpc) is 3.79. The molecule has 4 saturated carbocycles. The van der Waals surface area contributed by atoms with Crippen LogP contribution in [-0.2, 0) is 28.4 Å². The second-order valence-electron chi connectivity index (χ2n) is 19.3. The minimum Gasteiger partial charge on any atom is -0.748 e. The van der Waals surface area contributed by atoms with E-state index < -0.39 is 16.1 Å². The summed E-state index contributed by atoms with van der Waals surface area (Å²) in [5, 5.41) is 12.0. The first kappa shape index (κ1) is 38.7.